The van der Waals surface area contributed by atoms with Crippen LogP contribution in [-0.2, 0) is 24.9 Å². The first-order valence-electron chi connectivity index (χ1n) is 8.55. The number of aromatic nitrogens is 1. The molecular weight excluding hydrogens is 386 g/mol. The predicted octanol–water partition coefficient (Wildman–Crippen LogP) is 4.47. The van der Waals surface area contributed by atoms with E-state index in [2.05, 4.69) is 29.8 Å². The van der Waals surface area contributed by atoms with Crippen LogP contribution in [0.2, 0.25) is 18.1 Å². The van der Waals surface area contributed by atoms with E-state index in [1.54, 1.807) is 20.0 Å². The zero-order valence-corrected chi connectivity index (χ0v) is 20.2. The van der Waals surface area contributed by atoms with Gasteiger partial charge in [0.1, 0.15) is 5.60 Å². The van der Waals surface area contributed by atoms with E-state index < -0.39 is 29.2 Å². The van der Waals surface area contributed by atoms with Crippen LogP contribution in [0.4, 0.5) is 0 Å². The molecule has 2 N–H and O–H groups in total. The summed E-state index contributed by atoms with van der Waals surface area (Å²) in [6, 6.07) is 0. The molecule has 0 bridgehead atoms. The fourth-order valence-electron chi connectivity index (χ4n) is 1.70. The molecule has 1 unspecified atom stereocenters. The van der Waals surface area contributed by atoms with Gasteiger partial charge in [0, 0.05) is 11.1 Å². The number of rotatable bonds is 4. The van der Waals surface area contributed by atoms with Crippen LogP contribution in [0.3, 0.4) is 0 Å². The summed E-state index contributed by atoms with van der Waals surface area (Å²) in [5.74, 6) is -0.356. The number of nitrogens with zero attached hydrogens (tertiary/aromatic N) is 2. The quantitative estimate of drug-likeness (QED) is 0.575. The number of thiazole rings is 1. The largest absolute Gasteiger partial charge is 0.459 e. The van der Waals surface area contributed by atoms with E-state index in [1.165, 1.54) is 11.3 Å². The molecule has 0 saturated carbocycles. The highest BCUT2D eigenvalue weighted by Gasteiger charge is 2.39. The number of carbonyl (C=O) groups excluding carboxylic acids is 1. The molecule has 0 spiro atoms. The van der Waals surface area contributed by atoms with E-state index in [0.717, 1.165) is 0 Å². The summed E-state index contributed by atoms with van der Waals surface area (Å²) in [6.45, 7) is 19.3. The molecule has 1 heterocycles. The zero-order chi connectivity index (χ0) is 20.8. The highest BCUT2D eigenvalue weighted by molar-refractivity contribution is 7.94. The number of hydrogen-bond acceptors (Lipinski definition) is 6. The first kappa shape index (κ1) is 23.3. The lowest BCUT2D eigenvalue weighted by molar-refractivity contribution is -0.160. The third-order valence-corrected chi connectivity index (χ3v) is 13.7. The van der Waals surface area contributed by atoms with Gasteiger partial charge < -0.3 is 4.74 Å². The standard InChI is InChI=1S/C17H33N3O3S2Si/c1-15(2,3)23-13(21)17(7,8)12-11-19-14(24-12)25(18,22)20-26(9,10)16(4,5)6/h11H,1-10H3,(H2,18,20,22). The Hall–Kier alpha value is -0.773. The van der Waals surface area contributed by atoms with E-state index in [-0.39, 0.29) is 15.3 Å². The SMILES string of the molecule is CC(C)(C)OC(=O)C(C)(C)c1cnc(S(N)(=O)=N[Si](C)(C)C(C)(C)C)s1. The van der Waals surface area contributed by atoms with Gasteiger partial charge in [-0.25, -0.2) is 14.3 Å². The predicted molar refractivity (Wildman–Crippen MR) is 111 cm³/mol. The smallest absolute Gasteiger partial charge is 0.317 e. The Kier molecular flexibility index (Phi) is 6.26. The van der Waals surface area contributed by atoms with Crippen LogP contribution < -0.4 is 5.14 Å². The van der Waals surface area contributed by atoms with Crippen molar-refractivity contribution in [3.05, 3.63) is 11.1 Å². The Morgan fingerprint density at radius 3 is 2.12 bits per heavy atom. The van der Waals surface area contributed by atoms with Crippen molar-refractivity contribution >= 4 is 35.5 Å². The number of ether oxygens (including phenoxy) is 1. The molecule has 0 saturated heterocycles. The Morgan fingerprint density at radius 1 is 1.19 bits per heavy atom. The molecule has 0 aliphatic heterocycles. The maximum atomic E-state index is 13.1. The minimum absolute atomic E-state index is 0.0785. The van der Waals surface area contributed by atoms with Crippen molar-refractivity contribution in [1.29, 1.82) is 0 Å². The number of nitrogens with two attached hydrogens (primary N) is 1. The van der Waals surface area contributed by atoms with Crippen molar-refractivity contribution in [1.82, 2.24) is 4.98 Å². The van der Waals surface area contributed by atoms with Gasteiger partial charge in [0.05, 0.1) is 5.41 Å². The summed E-state index contributed by atoms with van der Waals surface area (Å²) in [5, 5.41) is 6.00. The van der Waals surface area contributed by atoms with E-state index in [1.807, 2.05) is 33.9 Å². The molecule has 0 fully saturated rings. The summed E-state index contributed by atoms with van der Waals surface area (Å²) in [4.78, 5) is 17.4. The molecule has 150 valence electrons. The molecule has 6 nitrogen and oxygen atoms in total. The second kappa shape index (κ2) is 6.99. The molecule has 1 aromatic rings. The maximum absolute atomic E-state index is 13.1. The van der Waals surface area contributed by atoms with Crippen LogP contribution in [-0.4, -0.2) is 29.0 Å². The number of carbonyl (C=O) groups is 1. The molecule has 0 aromatic carbocycles. The van der Waals surface area contributed by atoms with Crippen LogP contribution >= 0.6 is 11.3 Å². The van der Waals surface area contributed by atoms with Crippen molar-refractivity contribution in [2.24, 2.45) is 9.17 Å². The van der Waals surface area contributed by atoms with E-state index in [9.17, 15) is 9.00 Å². The molecule has 0 aliphatic rings. The molecule has 0 radical (unpaired) electrons. The fraction of sp³-hybridized carbons (Fsp3) is 0.765. The van der Waals surface area contributed by atoms with Gasteiger partial charge in [-0.05, 0) is 52.8 Å². The van der Waals surface area contributed by atoms with Crippen LogP contribution in [0, 0.1) is 0 Å². The first-order chi connectivity index (χ1) is 11.3. The highest BCUT2D eigenvalue weighted by Crippen LogP contribution is 2.39. The van der Waals surface area contributed by atoms with Gasteiger partial charge in [0.25, 0.3) is 0 Å². The van der Waals surface area contributed by atoms with E-state index in [4.69, 9.17) is 9.88 Å². The van der Waals surface area contributed by atoms with Gasteiger partial charge >= 0.3 is 5.97 Å². The van der Waals surface area contributed by atoms with Gasteiger partial charge in [0.2, 0.25) is 4.34 Å². The zero-order valence-electron chi connectivity index (χ0n) is 17.6. The molecule has 1 rings (SSSR count). The van der Waals surface area contributed by atoms with Crippen LogP contribution in [0.1, 0.15) is 60.3 Å². The minimum Gasteiger partial charge on any atom is -0.459 e. The first-order valence-corrected chi connectivity index (χ1v) is 13.9. The second-order valence-corrected chi connectivity index (χ2v) is 17.7. The summed E-state index contributed by atoms with van der Waals surface area (Å²) in [6.07, 6.45) is 1.55. The van der Waals surface area contributed by atoms with Crippen LogP contribution in [0.15, 0.2) is 14.6 Å². The highest BCUT2D eigenvalue weighted by atomic mass is 32.2. The lowest BCUT2D eigenvalue weighted by Crippen LogP contribution is -2.37. The van der Waals surface area contributed by atoms with Crippen LogP contribution in [0.5, 0.6) is 0 Å². The van der Waals surface area contributed by atoms with Crippen LogP contribution in [0.25, 0.3) is 0 Å². The monoisotopic (exact) mass is 419 g/mol. The van der Waals surface area contributed by atoms with Gasteiger partial charge in [-0.15, -0.1) is 11.3 Å². The maximum Gasteiger partial charge on any atom is 0.317 e. The number of hydrogen-bond donors (Lipinski definition) is 1. The third kappa shape index (κ3) is 5.37. The number of esters is 1. The van der Waals surface area contributed by atoms with Gasteiger partial charge in [-0.1, -0.05) is 20.8 Å². The van der Waals surface area contributed by atoms with Crippen molar-refractivity contribution < 1.29 is 13.7 Å². The topological polar surface area (TPSA) is 94.6 Å². The molecule has 9 heteroatoms. The molecule has 0 aliphatic carbocycles. The van der Waals surface area contributed by atoms with E-state index >= 15 is 0 Å². The van der Waals surface area contributed by atoms with Crippen molar-refractivity contribution in [3.8, 4) is 0 Å². The molecule has 1 atom stereocenters. The van der Waals surface area contributed by atoms with Crippen molar-refractivity contribution in [2.75, 3.05) is 0 Å². The Balaban J connectivity index is 3.29. The molecule has 26 heavy (non-hydrogen) atoms. The van der Waals surface area contributed by atoms with Gasteiger partial charge in [-0.3, -0.25) is 8.82 Å². The molecule has 0 amide bonds. The second-order valence-electron chi connectivity index (χ2n) is 9.59. The Morgan fingerprint density at radius 2 is 1.69 bits per heavy atom. The molecule has 1 aromatic heterocycles. The van der Waals surface area contributed by atoms with E-state index in [0.29, 0.717) is 4.88 Å². The third-order valence-electron chi connectivity index (χ3n) is 4.46. The van der Waals surface area contributed by atoms with Gasteiger partial charge in [0.15, 0.2) is 18.2 Å². The minimum atomic E-state index is -3.11. The average molecular weight is 420 g/mol. The Bertz CT molecular complexity index is 793. The fourth-order valence-corrected chi connectivity index (χ4v) is 7.85. The average Bonchev–Trinajstić information content (AvgIpc) is 2.84. The van der Waals surface area contributed by atoms with Gasteiger partial charge in [-0.2, -0.15) is 0 Å². The lowest BCUT2D eigenvalue weighted by atomic mass is 9.92. The van der Waals surface area contributed by atoms with Crippen molar-refractivity contribution in [2.45, 2.75) is 88.9 Å². The summed E-state index contributed by atoms with van der Waals surface area (Å²) < 4.78 is 23.4. The lowest BCUT2D eigenvalue weighted by Gasteiger charge is -2.32. The normalized spacial score (nSPS) is 16.1. The summed E-state index contributed by atoms with van der Waals surface area (Å²) in [7, 11) is -5.32. The summed E-state index contributed by atoms with van der Waals surface area (Å²) >= 11 is 1.17. The van der Waals surface area contributed by atoms with Crippen molar-refractivity contribution in [3.63, 3.8) is 0 Å². The summed E-state index contributed by atoms with van der Waals surface area (Å²) in [5.41, 5.74) is -1.49. The Labute approximate surface area is 163 Å². The molecular formula is C17H33N3O3S2Si.